The summed E-state index contributed by atoms with van der Waals surface area (Å²) in [5.41, 5.74) is -3.30. The minimum atomic E-state index is -0.931. The number of ether oxygens (including phenoxy) is 8. The van der Waals surface area contributed by atoms with E-state index in [1.807, 2.05) is 6.92 Å². The van der Waals surface area contributed by atoms with Crippen LogP contribution in [0.1, 0.15) is 6.92 Å². The number of nitrogens with zero attached hydrogens (tertiary/aromatic N) is 11. The van der Waals surface area contributed by atoms with Crippen LogP contribution in [0, 0.1) is 0 Å². The van der Waals surface area contributed by atoms with Crippen LogP contribution in [0.5, 0.6) is 0 Å². The second kappa shape index (κ2) is 23.0. The first-order valence-electron chi connectivity index (χ1n) is 20.8. The number of hydrogen-bond donors (Lipinski definition) is 1. The van der Waals surface area contributed by atoms with Crippen LogP contribution in [0.15, 0.2) is 14.4 Å². The number of amides is 8. The molecule has 0 aromatic carbocycles. The Balaban J connectivity index is 1.06. The van der Waals surface area contributed by atoms with Gasteiger partial charge in [-0.05, 0) is 6.92 Å². The van der Waals surface area contributed by atoms with E-state index in [9.17, 15) is 38.7 Å². The van der Waals surface area contributed by atoms with Gasteiger partial charge in [-0.2, -0.15) is 0 Å². The van der Waals surface area contributed by atoms with E-state index < -0.39 is 60.4 Å². The van der Waals surface area contributed by atoms with Crippen molar-refractivity contribution >= 4 is 47.6 Å². The van der Waals surface area contributed by atoms with Crippen LogP contribution in [0.4, 0.5) is 19.2 Å². The van der Waals surface area contributed by atoms with Crippen LogP contribution in [0.3, 0.4) is 0 Å². The first-order valence-corrected chi connectivity index (χ1v) is 22.9. The fourth-order valence-corrected chi connectivity index (χ4v) is 10.9. The zero-order valence-electron chi connectivity index (χ0n) is 37.3. The zero-order valence-corrected chi connectivity index (χ0v) is 38.9. The van der Waals surface area contributed by atoms with Crippen molar-refractivity contribution < 1.29 is 62.2 Å². The second-order valence-corrected chi connectivity index (χ2v) is 17.4. The van der Waals surface area contributed by atoms with Gasteiger partial charge in [0.1, 0.15) is 51.3 Å². The number of thioether (sulfide) groups is 2. The van der Waals surface area contributed by atoms with Gasteiger partial charge in [-0.3, -0.25) is 34.3 Å². The molecule has 1 aromatic rings. The fraction of sp³-hybridized carbons (Fsp3) is 0.806. The molecule has 6 unspecified atom stereocenters. The van der Waals surface area contributed by atoms with E-state index in [0.29, 0.717) is 18.1 Å². The third kappa shape index (κ3) is 10.1. The summed E-state index contributed by atoms with van der Waals surface area (Å²) in [5.74, 6) is 1.02. The summed E-state index contributed by atoms with van der Waals surface area (Å²) < 4.78 is 47.1. The Labute approximate surface area is 382 Å². The minimum absolute atomic E-state index is 0.000960. The monoisotopic (exact) mass is 965 g/mol. The van der Waals surface area contributed by atoms with Gasteiger partial charge >= 0.3 is 41.2 Å². The van der Waals surface area contributed by atoms with Crippen molar-refractivity contribution in [1.29, 1.82) is 0 Å². The SMILES string of the molecule is CCN1C(=O)N(CCOC2CSC(OCN3C(=O)N(COCCn4c(=O)n(CCO)c(=O)n(CCOC)c4=O)C4C3N(COC)C(=O)N4COC)CS2)C2C1N(COC)C(=O)N2COC. The van der Waals surface area contributed by atoms with E-state index in [4.69, 9.17) is 37.9 Å². The molecule has 1 aromatic heterocycles. The summed E-state index contributed by atoms with van der Waals surface area (Å²) in [6.07, 6.45) is -2.91. The molecule has 0 saturated carbocycles. The lowest BCUT2D eigenvalue weighted by atomic mass is 10.3. The number of fused-ring (bicyclic) bond motifs is 2. The van der Waals surface area contributed by atoms with E-state index in [1.165, 1.54) is 88.5 Å². The third-order valence-corrected chi connectivity index (χ3v) is 14.0. The van der Waals surface area contributed by atoms with E-state index >= 15 is 0 Å². The van der Waals surface area contributed by atoms with E-state index in [0.717, 1.165) is 13.7 Å². The topological polar surface area (TPSA) is 254 Å². The van der Waals surface area contributed by atoms with Gasteiger partial charge in [0.25, 0.3) is 0 Å². The molecular formula is C36H59N11O16S2. The summed E-state index contributed by atoms with van der Waals surface area (Å²) in [4.78, 5) is 105. The van der Waals surface area contributed by atoms with Crippen molar-refractivity contribution in [2.24, 2.45) is 0 Å². The number of methoxy groups -OCH3 is 5. The maximum Gasteiger partial charge on any atom is 0.336 e. The molecule has 0 aliphatic carbocycles. The second-order valence-electron chi connectivity index (χ2n) is 15.0. The van der Waals surface area contributed by atoms with Gasteiger partial charge in [-0.25, -0.2) is 47.3 Å². The van der Waals surface area contributed by atoms with Crippen LogP contribution in [-0.4, -0.2) is 245 Å². The fourth-order valence-electron chi connectivity index (χ4n) is 8.39. The number of likely N-dealkylation sites (N-methyl/N-ethyl adjacent to an activating group) is 1. The predicted molar refractivity (Wildman–Crippen MR) is 228 cm³/mol. The van der Waals surface area contributed by atoms with Gasteiger partial charge in [0.15, 0.2) is 24.7 Å². The molecule has 5 fully saturated rings. The molecule has 366 valence electrons. The summed E-state index contributed by atoms with van der Waals surface area (Å²) in [6, 6.07) is -1.51. The number of urea groups is 4. The normalized spacial score (nSPS) is 24.5. The number of aliphatic hydroxyl groups excluding tert-OH is 1. The Morgan fingerprint density at radius 2 is 0.862 bits per heavy atom. The van der Waals surface area contributed by atoms with E-state index in [2.05, 4.69) is 0 Å². The van der Waals surface area contributed by atoms with Crippen molar-refractivity contribution in [2.45, 2.75) is 62.1 Å². The Bertz CT molecular complexity index is 2010. The summed E-state index contributed by atoms with van der Waals surface area (Å²) >= 11 is 3.01. The summed E-state index contributed by atoms with van der Waals surface area (Å²) in [6.45, 7) is 0.295. The molecule has 65 heavy (non-hydrogen) atoms. The van der Waals surface area contributed by atoms with Gasteiger partial charge in [-0.15, -0.1) is 23.5 Å². The van der Waals surface area contributed by atoms with Gasteiger partial charge in [-0.1, -0.05) is 0 Å². The highest BCUT2D eigenvalue weighted by atomic mass is 32.2. The summed E-state index contributed by atoms with van der Waals surface area (Å²) in [5, 5.41) is 9.47. The van der Waals surface area contributed by atoms with Crippen molar-refractivity contribution in [2.75, 3.05) is 127 Å². The van der Waals surface area contributed by atoms with Gasteiger partial charge in [0.05, 0.1) is 46.1 Å². The average Bonchev–Trinajstić information content (AvgIpc) is 3.92. The largest absolute Gasteiger partial charge is 0.395 e. The lowest BCUT2D eigenvalue weighted by molar-refractivity contribution is -0.0286. The van der Waals surface area contributed by atoms with Crippen molar-refractivity contribution in [3.63, 3.8) is 0 Å². The molecule has 5 saturated heterocycles. The van der Waals surface area contributed by atoms with Gasteiger partial charge in [0, 0.05) is 60.1 Å². The number of aromatic nitrogens is 3. The molecule has 0 spiro atoms. The van der Waals surface area contributed by atoms with Crippen LogP contribution < -0.4 is 17.1 Å². The average molecular weight is 966 g/mol. The highest BCUT2D eigenvalue weighted by molar-refractivity contribution is 8.06. The molecule has 6 atom stereocenters. The molecule has 1 N–H and O–H groups in total. The highest BCUT2D eigenvalue weighted by Crippen LogP contribution is 2.38. The first kappa shape index (κ1) is 50.2. The smallest absolute Gasteiger partial charge is 0.336 e. The minimum Gasteiger partial charge on any atom is -0.395 e. The molecule has 0 radical (unpaired) electrons. The maximum atomic E-state index is 14.2. The molecule has 6 heterocycles. The molecular weight excluding hydrogens is 907 g/mol. The number of carbonyl (C=O) groups excluding carboxylic acids is 4. The van der Waals surface area contributed by atoms with Gasteiger partial charge < -0.3 is 47.9 Å². The molecule has 8 amide bonds. The Hall–Kier alpha value is -4.17. The Morgan fingerprint density at radius 3 is 1.31 bits per heavy atom. The van der Waals surface area contributed by atoms with Crippen molar-refractivity contribution in [3.05, 3.63) is 31.5 Å². The van der Waals surface area contributed by atoms with Crippen LogP contribution in [0.25, 0.3) is 0 Å². The van der Waals surface area contributed by atoms with Crippen LogP contribution >= 0.6 is 23.5 Å². The lowest BCUT2D eigenvalue weighted by Crippen LogP contribution is -2.55. The number of carbonyl (C=O) groups is 4. The lowest BCUT2D eigenvalue weighted by Gasteiger charge is -2.32. The standard InChI is InChI=1S/C36H59N11O16S2/c1-7-37-26-27(43(19-58-4)34(53)42(26)18-57-3)38(30(37)49)11-15-62-24-16-65-25(17-64-24)63-23-47-29-28(44(20-59-5)35(54)45(29)21-60-6)46(36(47)55)22-61-14-10-41-32(51)39(8-12-48)31(50)40(33(41)52)9-13-56-2/h24-29,48H,7-23H2,1-6H3. The quantitative estimate of drug-likeness (QED) is 0.0950. The maximum absolute atomic E-state index is 14.2. The third-order valence-electron chi connectivity index (χ3n) is 11.3. The van der Waals surface area contributed by atoms with Crippen LogP contribution in [-0.2, 0) is 57.5 Å². The number of hydrogen-bond acceptors (Lipinski definition) is 18. The molecule has 5 aliphatic rings. The Morgan fingerprint density at radius 1 is 0.462 bits per heavy atom. The van der Waals surface area contributed by atoms with Crippen molar-refractivity contribution in [3.8, 4) is 0 Å². The molecule has 0 bridgehead atoms. The summed E-state index contributed by atoms with van der Waals surface area (Å²) in [7, 11) is 7.21. The van der Waals surface area contributed by atoms with E-state index in [-0.39, 0.29) is 109 Å². The number of rotatable bonds is 26. The van der Waals surface area contributed by atoms with E-state index in [1.54, 1.807) is 9.80 Å². The molecule has 6 rings (SSSR count). The molecule has 5 aliphatic heterocycles. The number of aliphatic hydroxyl groups is 1. The first-order chi connectivity index (χ1) is 31.4. The zero-order chi connectivity index (χ0) is 46.9. The van der Waals surface area contributed by atoms with Crippen LogP contribution in [0.2, 0.25) is 0 Å². The molecule has 29 heteroatoms. The highest BCUT2D eigenvalue weighted by Gasteiger charge is 2.60. The predicted octanol–water partition coefficient (Wildman–Crippen LogP) is -2.40. The van der Waals surface area contributed by atoms with Gasteiger partial charge in [0.2, 0.25) is 0 Å². The molecule has 27 nitrogen and oxygen atoms in total. The van der Waals surface area contributed by atoms with Crippen molar-refractivity contribution in [1.82, 2.24) is 52.9 Å². The Kier molecular flexibility index (Phi) is 17.8.